The van der Waals surface area contributed by atoms with Crippen LogP contribution in [-0.2, 0) is 19.4 Å². The molecule has 0 unspecified atom stereocenters. The van der Waals surface area contributed by atoms with E-state index >= 15 is 0 Å². The fourth-order valence-electron chi connectivity index (χ4n) is 3.26. The molecule has 0 bridgehead atoms. The maximum absolute atomic E-state index is 13.0. The smallest absolute Gasteiger partial charge is 0.337 e. The monoisotopic (exact) mass is 444 g/mol. The molecule has 0 saturated carbocycles. The summed E-state index contributed by atoms with van der Waals surface area (Å²) in [5, 5.41) is 2.55. The van der Waals surface area contributed by atoms with Gasteiger partial charge in [-0.2, -0.15) is 0 Å². The fraction of sp³-hybridized carbons (Fsp3) is 0.238. The Morgan fingerprint density at radius 2 is 1.65 bits per heavy atom. The molecule has 1 N–H and O–H groups in total. The number of anilines is 1. The number of nitrogens with zero attached hydrogens (tertiary/aromatic N) is 1. The van der Waals surface area contributed by atoms with Crippen LogP contribution in [0.1, 0.15) is 37.5 Å². The molecule has 0 saturated heterocycles. The highest BCUT2D eigenvalue weighted by Gasteiger charge is 2.42. The molecule has 2 aromatic carbocycles. The lowest BCUT2D eigenvalue weighted by Crippen LogP contribution is -2.48. The maximum atomic E-state index is 13.0. The second kappa shape index (κ2) is 8.68. The van der Waals surface area contributed by atoms with Crippen LogP contribution in [0.25, 0.3) is 0 Å². The number of rotatable bonds is 7. The lowest BCUT2D eigenvalue weighted by molar-refractivity contribution is -0.120. The van der Waals surface area contributed by atoms with Crippen LogP contribution in [0, 0.1) is 0 Å². The Morgan fingerprint density at radius 3 is 2.19 bits per heavy atom. The minimum atomic E-state index is -3.47. The van der Waals surface area contributed by atoms with Gasteiger partial charge in [-0.1, -0.05) is 18.2 Å². The summed E-state index contributed by atoms with van der Waals surface area (Å²) >= 11 is 0. The largest absolute Gasteiger partial charge is 0.465 e. The molecule has 1 aliphatic rings. The number of carbonyl (C=O) groups excluding carboxylic acids is 4. The normalized spacial score (nSPS) is 14.2. The summed E-state index contributed by atoms with van der Waals surface area (Å²) in [6, 6.07) is 10.7. The number of sulfone groups is 1. The van der Waals surface area contributed by atoms with E-state index in [0.29, 0.717) is 0 Å². The Balaban J connectivity index is 1.91. The molecule has 0 spiro atoms. The molecule has 2 aromatic rings. The van der Waals surface area contributed by atoms with Gasteiger partial charge in [-0.25, -0.2) is 13.2 Å². The molecule has 3 amide bonds. The number of fused-ring (bicyclic) bond motifs is 1. The maximum Gasteiger partial charge on any atom is 0.337 e. The number of amides is 3. The van der Waals surface area contributed by atoms with Gasteiger partial charge in [0.15, 0.2) is 0 Å². The number of hydrogen-bond acceptors (Lipinski definition) is 7. The van der Waals surface area contributed by atoms with Gasteiger partial charge >= 0.3 is 5.97 Å². The van der Waals surface area contributed by atoms with Crippen LogP contribution >= 0.6 is 0 Å². The summed E-state index contributed by atoms with van der Waals surface area (Å²) in [7, 11) is -2.25. The highest BCUT2D eigenvalue weighted by atomic mass is 32.2. The van der Waals surface area contributed by atoms with Crippen molar-refractivity contribution in [1.82, 2.24) is 4.90 Å². The number of nitrogens with one attached hydrogen (secondary N) is 1. The van der Waals surface area contributed by atoms with Crippen LogP contribution in [0.15, 0.2) is 48.5 Å². The zero-order valence-corrected chi connectivity index (χ0v) is 17.6. The van der Waals surface area contributed by atoms with Crippen molar-refractivity contribution in [1.29, 1.82) is 0 Å². The van der Waals surface area contributed by atoms with Crippen molar-refractivity contribution in [2.45, 2.75) is 12.5 Å². The van der Waals surface area contributed by atoms with Gasteiger partial charge in [0, 0.05) is 11.9 Å². The quantitative estimate of drug-likeness (QED) is 0.507. The number of hydrogen-bond donors (Lipinski definition) is 1. The first-order chi connectivity index (χ1) is 14.6. The third kappa shape index (κ3) is 4.80. The minimum absolute atomic E-state index is 0.150. The Morgan fingerprint density at radius 1 is 1.03 bits per heavy atom. The molecule has 0 aliphatic carbocycles. The van der Waals surface area contributed by atoms with E-state index in [-0.39, 0.29) is 28.8 Å². The molecule has 162 valence electrons. The average Bonchev–Trinajstić information content (AvgIpc) is 2.98. The van der Waals surface area contributed by atoms with Crippen molar-refractivity contribution in [2.75, 3.05) is 24.4 Å². The second-order valence-electron chi connectivity index (χ2n) is 7.02. The van der Waals surface area contributed by atoms with Crippen LogP contribution in [0.3, 0.4) is 0 Å². The van der Waals surface area contributed by atoms with Gasteiger partial charge in [0.05, 0.1) is 29.6 Å². The highest BCUT2D eigenvalue weighted by Crippen LogP contribution is 2.26. The van der Waals surface area contributed by atoms with Crippen LogP contribution < -0.4 is 5.32 Å². The third-order valence-corrected chi connectivity index (χ3v) is 5.73. The van der Waals surface area contributed by atoms with Crippen LogP contribution in [0.2, 0.25) is 0 Å². The van der Waals surface area contributed by atoms with E-state index in [4.69, 9.17) is 0 Å². The van der Waals surface area contributed by atoms with E-state index in [1.54, 1.807) is 12.1 Å². The zero-order valence-electron chi connectivity index (χ0n) is 16.8. The Hall–Kier alpha value is -3.53. The lowest BCUT2D eigenvalue weighted by Gasteiger charge is -2.25. The second-order valence-corrected chi connectivity index (χ2v) is 9.28. The van der Waals surface area contributed by atoms with Crippen molar-refractivity contribution in [3.05, 3.63) is 65.2 Å². The Labute approximate surface area is 178 Å². The molecule has 9 nitrogen and oxygen atoms in total. The summed E-state index contributed by atoms with van der Waals surface area (Å²) in [5.41, 5.74) is 0.720. The molecule has 3 rings (SSSR count). The first-order valence-electron chi connectivity index (χ1n) is 9.26. The molecular formula is C21H20N2O7S. The van der Waals surface area contributed by atoms with E-state index in [1.807, 2.05) is 0 Å². The van der Waals surface area contributed by atoms with Crippen LogP contribution in [-0.4, -0.2) is 62.2 Å². The van der Waals surface area contributed by atoms with Crippen molar-refractivity contribution in [3.63, 3.8) is 0 Å². The van der Waals surface area contributed by atoms with Gasteiger partial charge in [-0.3, -0.25) is 19.3 Å². The first-order valence-corrected chi connectivity index (χ1v) is 11.3. The van der Waals surface area contributed by atoms with Crippen molar-refractivity contribution < 1.29 is 32.3 Å². The topological polar surface area (TPSA) is 127 Å². The SMILES string of the molecule is COC(=O)c1cccc(NC(=O)[C@H](CCS(C)(=O)=O)N2C(=O)c3ccccc3C2=O)c1. The summed E-state index contributed by atoms with van der Waals surface area (Å²) in [6.45, 7) is 0. The summed E-state index contributed by atoms with van der Waals surface area (Å²) < 4.78 is 28.0. The van der Waals surface area contributed by atoms with E-state index < -0.39 is 45.3 Å². The van der Waals surface area contributed by atoms with Gasteiger partial charge in [-0.05, 0) is 36.8 Å². The molecule has 10 heteroatoms. The molecule has 1 aliphatic heterocycles. The van der Waals surface area contributed by atoms with Gasteiger partial charge < -0.3 is 10.1 Å². The van der Waals surface area contributed by atoms with Crippen LogP contribution in [0.4, 0.5) is 5.69 Å². The summed E-state index contributed by atoms with van der Waals surface area (Å²) in [5.74, 6) is -3.10. The number of esters is 1. The molecule has 31 heavy (non-hydrogen) atoms. The standard InChI is InChI=1S/C21H20N2O7S/c1-30-21(27)13-6-5-7-14(12-13)22-18(24)17(10-11-31(2,28)29)23-19(25)15-8-3-4-9-16(15)20(23)26/h3-9,12,17H,10-11H2,1-2H3,(H,22,24)/t17-/m0/s1. The molecular weight excluding hydrogens is 424 g/mol. The fourth-order valence-corrected chi connectivity index (χ4v) is 3.91. The molecule has 0 radical (unpaired) electrons. The molecule has 0 aromatic heterocycles. The first kappa shape index (κ1) is 22.2. The van der Waals surface area contributed by atoms with Gasteiger partial charge in [0.25, 0.3) is 11.8 Å². The van der Waals surface area contributed by atoms with Crippen molar-refractivity contribution >= 4 is 39.2 Å². The zero-order chi connectivity index (χ0) is 22.8. The summed E-state index contributed by atoms with van der Waals surface area (Å²) in [6.07, 6.45) is 0.733. The number of imide groups is 1. The van der Waals surface area contributed by atoms with Gasteiger partial charge in [-0.15, -0.1) is 0 Å². The number of benzene rings is 2. The van der Waals surface area contributed by atoms with Crippen LogP contribution in [0.5, 0.6) is 0 Å². The highest BCUT2D eigenvalue weighted by molar-refractivity contribution is 7.90. The minimum Gasteiger partial charge on any atom is -0.465 e. The van der Waals surface area contributed by atoms with Crippen molar-refractivity contribution in [3.8, 4) is 0 Å². The van der Waals surface area contributed by atoms with Crippen molar-refractivity contribution in [2.24, 2.45) is 0 Å². The summed E-state index contributed by atoms with van der Waals surface area (Å²) in [4.78, 5) is 51.2. The molecule has 1 atom stereocenters. The molecule has 0 fully saturated rings. The van der Waals surface area contributed by atoms with Gasteiger partial charge in [0.1, 0.15) is 15.9 Å². The van der Waals surface area contributed by atoms with E-state index in [0.717, 1.165) is 11.2 Å². The number of ether oxygens (including phenoxy) is 1. The van der Waals surface area contributed by atoms with E-state index in [9.17, 15) is 27.6 Å². The number of carbonyl (C=O) groups is 4. The predicted octanol–water partition coefficient (Wildman–Crippen LogP) is 1.51. The Kier molecular flexibility index (Phi) is 6.21. The number of methoxy groups -OCH3 is 1. The lowest BCUT2D eigenvalue weighted by atomic mass is 10.1. The van der Waals surface area contributed by atoms with E-state index in [2.05, 4.69) is 10.1 Å². The van der Waals surface area contributed by atoms with E-state index in [1.165, 1.54) is 43.5 Å². The predicted molar refractivity (Wildman–Crippen MR) is 111 cm³/mol. The van der Waals surface area contributed by atoms with Gasteiger partial charge in [0.2, 0.25) is 5.91 Å². The third-order valence-electron chi connectivity index (χ3n) is 4.75. The average molecular weight is 444 g/mol. The Bertz CT molecular complexity index is 1140. The molecule has 1 heterocycles.